The lowest BCUT2D eigenvalue weighted by atomic mass is 9.92. The van der Waals surface area contributed by atoms with Crippen molar-refractivity contribution in [2.24, 2.45) is 0 Å². The Balaban J connectivity index is 0.00000272. The summed E-state index contributed by atoms with van der Waals surface area (Å²) in [6.45, 7) is 7.19. The molecule has 3 aromatic rings. The standard InChI is InChI=1S/C23H24N6O.ClH/c1-23(2,3)20-13-21(27-22(30)26-17-6-4-5-15(11-17)14-24)29(28-20)18-7-8-19-16(12-18)9-10-25-19;/h4-8,11-13,25H,9-10H2,1-3H3,(H2,26,27,30);1H. The van der Waals surface area contributed by atoms with Gasteiger partial charge < -0.3 is 10.6 Å². The molecular weight excluding hydrogens is 412 g/mol. The number of amides is 2. The number of fused-ring (bicyclic) bond motifs is 1. The van der Waals surface area contributed by atoms with Crippen LogP contribution in [0.4, 0.5) is 22.0 Å². The molecule has 2 amide bonds. The molecule has 3 N–H and O–H groups in total. The first-order valence-corrected chi connectivity index (χ1v) is 9.89. The van der Waals surface area contributed by atoms with E-state index >= 15 is 0 Å². The van der Waals surface area contributed by atoms with Crippen molar-refractivity contribution in [2.75, 3.05) is 22.5 Å². The van der Waals surface area contributed by atoms with Crippen molar-refractivity contribution in [1.82, 2.24) is 9.78 Å². The van der Waals surface area contributed by atoms with Gasteiger partial charge in [-0.05, 0) is 48.4 Å². The summed E-state index contributed by atoms with van der Waals surface area (Å²) in [5.74, 6) is 0.583. The van der Waals surface area contributed by atoms with Crippen molar-refractivity contribution in [1.29, 1.82) is 5.26 Å². The van der Waals surface area contributed by atoms with Gasteiger partial charge in [-0.1, -0.05) is 26.8 Å². The van der Waals surface area contributed by atoms with E-state index in [1.807, 2.05) is 18.2 Å². The second kappa shape index (κ2) is 8.70. The predicted octanol–water partition coefficient (Wildman–Crippen LogP) is 5.08. The highest BCUT2D eigenvalue weighted by Gasteiger charge is 2.22. The molecule has 0 bridgehead atoms. The van der Waals surface area contributed by atoms with Crippen LogP contribution in [0, 0.1) is 11.3 Å². The van der Waals surface area contributed by atoms with Gasteiger partial charge in [-0.15, -0.1) is 12.4 Å². The van der Waals surface area contributed by atoms with Crippen molar-refractivity contribution >= 4 is 35.6 Å². The Kier molecular flexibility index (Phi) is 6.23. The summed E-state index contributed by atoms with van der Waals surface area (Å²) in [5.41, 5.74) is 5.03. The number of nitrogens with zero attached hydrogens (tertiary/aromatic N) is 3. The Morgan fingerprint density at radius 2 is 1.97 bits per heavy atom. The SMILES string of the molecule is CC(C)(C)c1cc(NC(=O)Nc2cccc(C#N)c2)n(-c2ccc3c(c2)CCN3)n1.Cl. The fraction of sp³-hybridized carbons (Fsp3) is 0.261. The van der Waals surface area contributed by atoms with Crippen LogP contribution in [0.3, 0.4) is 0 Å². The molecule has 0 atom stereocenters. The summed E-state index contributed by atoms with van der Waals surface area (Å²) in [7, 11) is 0. The Labute approximate surface area is 187 Å². The van der Waals surface area contributed by atoms with Crippen molar-refractivity contribution in [3.63, 3.8) is 0 Å². The van der Waals surface area contributed by atoms with Crippen LogP contribution in [0.15, 0.2) is 48.5 Å². The lowest BCUT2D eigenvalue weighted by Gasteiger charge is -2.14. The van der Waals surface area contributed by atoms with E-state index in [4.69, 9.17) is 10.4 Å². The van der Waals surface area contributed by atoms with Gasteiger partial charge in [0.25, 0.3) is 0 Å². The lowest BCUT2D eigenvalue weighted by Crippen LogP contribution is -2.21. The van der Waals surface area contributed by atoms with Crippen LogP contribution in [0.5, 0.6) is 0 Å². The number of hydrogen-bond donors (Lipinski definition) is 3. The van der Waals surface area contributed by atoms with Gasteiger partial charge in [0, 0.05) is 29.4 Å². The second-order valence-corrected chi connectivity index (χ2v) is 8.37. The van der Waals surface area contributed by atoms with E-state index in [9.17, 15) is 4.79 Å². The number of anilines is 3. The molecule has 31 heavy (non-hydrogen) atoms. The molecule has 160 valence electrons. The predicted molar refractivity (Wildman–Crippen MR) is 126 cm³/mol. The molecule has 0 spiro atoms. The van der Waals surface area contributed by atoms with Crippen molar-refractivity contribution in [2.45, 2.75) is 32.6 Å². The molecule has 0 radical (unpaired) electrons. The van der Waals surface area contributed by atoms with Gasteiger partial charge in [0.2, 0.25) is 0 Å². The first-order valence-electron chi connectivity index (χ1n) is 9.89. The van der Waals surface area contributed by atoms with Gasteiger partial charge >= 0.3 is 6.03 Å². The molecule has 1 aliphatic heterocycles. The number of nitriles is 1. The van der Waals surface area contributed by atoms with Crippen LogP contribution in [0.1, 0.15) is 37.6 Å². The summed E-state index contributed by atoms with van der Waals surface area (Å²) in [4.78, 5) is 12.7. The first kappa shape index (κ1) is 22.2. The Hall–Kier alpha value is -3.50. The highest BCUT2D eigenvalue weighted by molar-refractivity contribution is 5.99. The number of urea groups is 1. The molecular formula is C23H25ClN6O. The minimum atomic E-state index is -0.394. The Morgan fingerprint density at radius 3 is 2.71 bits per heavy atom. The maximum atomic E-state index is 12.7. The zero-order chi connectivity index (χ0) is 21.3. The van der Waals surface area contributed by atoms with Gasteiger partial charge in [-0.25, -0.2) is 9.48 Å². The summed E-state index contributed by atoms with van der Waals surface area (Å²) >= 11 is 0. The summed E-state index contributed by atoms with van der Waals surface area (Å²) in [6, 6.07) is 16.5. The molecule has 4 rings (SSSR count). The smallest absolute Gasteiger partial charge is 0.324 e. The molecule has 0 saturated heterocycles. The molecule has 2 heterocycles. The number of halogens is 1. The van der Waals surface area contributed by atoms with Crippen LogP contribution in [0.25, 0.3) is 5.69 Å². The van der Waals surface area contributed by atoms with Crippen LogP contribution >= 0.6 is 12.4 Å². The summed E-state index contributed by atoms with van der Waals surface area (Å²) in [5, 5.41) is 22.9. The molecule has 2 aromatic carbocycles. The highest BCUT2D eigenvalue weighted by atomic mass is 35.5. The van der Waals surface area contributed by atoms with E-state index in [0.717, 1.165) is 30.0 Å². The van der Waals surface area contributed by atoms with E-state index in [1.54, 1.807) is 28.9 Å². The zero-order valence-electron chi connectivity index (χ0n) is 17.7. The monoisotopic (exact) mass is 436 g/mol. The largest absolute Gasteiger partial charge is 0.384 e. The van der Waals surface area contributed by atoms with E-state index in [1.165, 1.54) is 5.56 Å². The molecule has 8 heteroatoms. The number of hydrogen-bond acceptors (Lipinski definition) is 4. The summed E-state index contributed by atoms with van der Waals surface area (Å²) in [6.07, 6.45) is 0.967. The first-order chi connectivity index (χ1) is 14.3. The van der Waals surface area contributed by atoms with Crippen molar-refractivity contribution in [3.05, 3.63) is 65.4 Å². The topological polar surface area (TPSA) is 94.8 Å². The van der Waals surface area contributed by atoms with Gasteiger partial charge in [0.1, 0.15) is 5.82 Å². The molecule has 7 nitrogen and oxygen atoms in total. The number of benzene rings is 2. The highest BCUT2D eigenvalue weighted by Crippen LogP contribution is 2.29. The van der Waals surface area contributed by atoms with Gasteiger partial charge in [0.05, 0.1) is 23.0 Å². The van der Waals surface area contributed by atoms with Crippen LogP contribution < -0.4 is 16.0 Å². The number of nitrogens with one attached hydrogen (secondary N) is 3. The Morgan fingerprint density at radius 1 is 1.16 bits per heavy atom. The maximum Gasteiger partial charge on any atom is 0.324 e. The maximum absolute atomic E-state index is 12.7. The van der Waals surface area contributed by atoms with Crippen LogP contribution in [-0.4, -0.2) is 22.4 Å². The zero-order valence-corrected chi connectivity index (χ0v) is 18.5. The van der Waals surface area contributed by atoms with E-state index < -0.39 is 6.03 Å². The molecule has 0 unspecified atom stereocenters. The second-order valence-electron chi connectivity index (χ2n) is 8.37. The normalized spacial score (nSPS) is 12.2. The average Bonchev–Trinajstić information content (AvgIpc) is 3.34. The minimum Gasteiger partial charge on any atom is -0.384 e. The van der Waals surface area contributed by atoms with Crippen molar-refractivity contribution < 1.29 is 4.79 Å². The van der Waals surface area contributed by atoms with Crippen LogP contribution in [0.2, 0.25) is 0 Å². The van der Waals surface area contributed by atoms with E-state index in [2.05, 4.69) is 48.9 Å². The third-order valence-corrected chi connectivity index (χ3v) is 5.01. The Bertz CT molecular complexity index is 1160. The molecule has 1 aliphatic rings. The number of carbonyl (C=O) groups excluding carboxylic acids is 1. The van der Waals surface area contributed by atoms with Gasteiger partial charge in [-0.3, -0.25) is 5.32 Å². The number of aromatic nitrogens is 2. The van der Waals surface area contributed by atoms with E-state index in [-0.39, 0.29) is 17.8 Å². The van der Waals surface area contributed by atoms with Gasteiger partial charge in [-0.2, -0.15) is 10.4 Å². The quantitative estimate of drug-likeness (QED) is 0.533. The van der Waals surface area contributed by atoms with Crippen LogP contribution in [-0.2, 0) is 11.8 Å². The number of carbonyl (C=O) groups is 1. The fourth-order valence-electron chi connectivity index (χ4n) is 3.40. The third kappa shape index (κ3) is 4.81. The number of rotatable bonds is 3. The molecule has 0 aliphatic carbocycles. The molecule has 1 aromatic heterocycles. The average molecular weight is 437 g/mol. The third-order valence-electron chi connectivity index (χ3n) is 5.01. The minimum absolute atomic E-state index is 0. The summed E-state index contributed by atoms with van der Waals surface area (Å²) < 4.78 is 1.77. The van der Waals surface area contributed by atoms with Crippen molar-refractivity contribution in [3.8, 4) is 11.8 Å². The van der Waals surface area contributed by atoms with Gasteiger partial charge in [0.15, 0.2) is 0 Å². The molecule has 0 saturated carbocycles. The fourth-order valence-corrected chi connectivity index (χ4v) is 3.40. The lowest BCUT2D eigenvalue weighted by molar-refractivity contribution is 0.262. The molecule has 0 fully saturated rings. The van der Waals surface area contributed by atoms with E-state index in [0.29, 0.717) is 17.1 Å².